The smallest absolute Gasteiger partial charge is 0.238 e. The highest BCUT2D eigenvalue weighted by Gasteiger charge is 2.20. The van der Waals surface area contributed by atoms with E-state index < -0.39 is 0 Å². The topological polar surface area (TPSA) is 60.0 Å². The van der Waals surface area contributed by atoms with Gasteiger partial charge in [0.25, 0.3) is 0 Å². The minimum Gasteiger partial charge on any atom is -0.495 e. The molecule has 27 heavy (non-hydrogen) atoms. The second-order valence-corrected chi connectivity index (χ2v) is 6.22. The Kier molecular flexibility index (Phi) is 6.26. The number of methoxy groups -OCH3 is 1. The van der Waals surface area contributed by atoms with E-state index in [1.54, 1.807) is 19.2 Å². The number of carbonyl (C=O) groups excluding carboxylic acids is 1. The van der Waals surface area contributed by atoms with Crippen molar-refractivity contribution in [3.05, 3.63) is 53.3 Å². The van der Waals surface area contributed by atoms with Crippen LogP contribution in [0, 0.1) is 5.82 Å². The van der Waals surface area contributed by atoms with Crippen molar-refractivity contribution >= 4 is 11.6 Å². The molecule has 1 heterocycles. The first-order valence-corrected chi connectivity index (χ1v) is 8.77. The SMILES string of the molecule is CCN(CC(=O)Nc1ccccc1OC)Cc1cc(F)cc2c1OCOC2. The summed E-state index contributed by atoms with van der Waals surface area (Å²) in [7, 11) is 1.56. The molecule has 0 fully saturated rings. The molecular formula is C20H23FN2O4. The minimum absolute atomic E-state index is 0.145. The van der Waals surface area contributed by atoms with Gasteiger partial charge in [0.2, 0.25) is 5.91 Å². The van der Waals surface area contributed by atoms with Gasteiger partial charge >= 0.3 is 0 Å². The summed E-state index contributed by atoms with van der Waals surface area (Å²) in [4.78, 5) is 14.4. The number of nitrogens with one attached hydrogen (secondary N) is 1. The number of benzene rings is 2. The van der Waals surface area contributed by atoms with Gasteiger partial charge in [-0.05, 0) is 30.8 Å². The molecule has 0 saturated carbocycles. The molecule has 144 valence electrons. The van der Waals surface area contributed by atoms with Gasteiger partial charge in [0.1, 0.15) is 17.3 Å². The lowest BCUT2D eigenvalue weighted by Crippen LogP contribution is -2.33. The van der Waals surface area contributed by atoms with E-state index in [9.17, 15) is 9.18 Å². The van der Waals surface area contributed by atoms with Crippen molar-refractivity contribution in [1.29, 1.82) is 0 Å². The Labute approximate surface area is 157 Å². The van der Waals surface area contributed by atoms with Crippen LogP contribution in [0.2, 0.25) is 0 Å². The number of halogens is 1. The number of ether oxygens (including phenoxy) is 3. The molecule has 2 aromatic carbocycles. The molecule has 1 N–H and O–H groups in total. The van der Waals surface area contributed by atoms with Crippen molar-refractivity contribution in [2.24, 2.45) is 0 Å². The van der Waals surface area contributed by atoms with Crippen molar-refractivity contribution in [1.82, 2.24) is 4.90 Å². The van der Waals surface area contributed by atoms with E-state index in [2.05, 4.69) is 5.32 Å². The van der Waals surface area contributed by atoms with Gasteiger partial charge in [-0.3, -0.25) is 9.69 Å². The number of amides is 1. The molecule has 0 aromatic heterocycles. The van der Waals surface area contributed by atoms with Crippen LogP contribution in [-0.2, 0) is 22.7 Å². The molecule has 0 saturated heterocycles. The molecule has 0 aliphatic carbocycles. The van der Waals surface area contributed by atoms with Gasteiger partial charge in [0.05, 0.1) is 25.9 Å². The second-order valence-electron chi connectivity index (χ2n) is 6.22. The highest BCUT2D eigenvalue weighted by atomic mass is 19.1. The maximum Gasteiger partial charge on any atom is 0.238 e. The maximum absolute atomic E-state index is 13.9. The number of carbonyl (C=O) groups is 1. The number of fused-ring (bicyclic) bond motifs is 1. The Bertz CT molecular complexity index is 813. The van der Waals surface area contributed by atoms with E-state index in [1.165, 1.54) is 12.1 Å². The summed E-state index contributed by atoms with van der Waals surface area (Å²) in [5.74, 6) is 0.732. The van der Waals surface area contributed by atoms with Crippen molar-refractivity contribution < 1.29 is 23.4 Å². The van der Waals surface area contributed by atoms with E-state index in [0.717, 1.165) is 0 Å². The van der Waals surface area contributed by atoms with Gasteiger partial charge in [0, 0.05) is 17.7 Å². The zero-order valence-corrected chi connectivity index (χ0v) is 15.5. The fourth-order valence-electron chi connectivity index (χ4n) is 3.04. The highest BCUT2D eigenvalue weighted by molar-refractivity contribution is 5.93. The molecule has 1 aliphatic rings. The summed E-state index contributed by atoms with van der Waals surface area (Å²) in [6.07, 6.45) is 0. The van der Waals surface area contributed by atoms with Crippen molar-refractivity contribution in [2.45, 2.75) is 20.1 Å². The summed E-state index contributed by atoms with van der Waals surface area (Å²) in [5.41, 5.74) is 2.01. The maximum atomic E-state index is 13.9. The van der Waals surface area contributed by atoms with Crippen LogP contribution in [0.25, 0.3) is 0 Å². The summed E-state index contributed by atoms with van der Waals surface area (Å²) in [5, 5.41) is 2.85. The van der Waals surface area contributed by atoms with Gasteiger partial charge in [-0.25, -0.2) is 4.39 Å². The average Bonchev–Trinajstić information content (AvgIpc) is 2.67. The molecule has 0 atom stereocenters. The number of hydrogen-bond acceptors (Lipinski definition) is 5. The third-order valence-electron chi connectivity index (χ3n) is 4.34. The molecule has 0 unspecified atom stereocenters. The number of likely N-dealkylation sites (N-methyl/N-ethyl adjacent to an activating group) is 1. The van der Waals surface area contributed by atoms with E-state index in [-0.39, 0.29) is 25.1 Å². The zero-order valence-electron chi connectivity index (χ0n) is 15.5. The molecule has 0 radical (unpaired) electrons. The first kappa shape index (κ1) is 19.1. The molecule has 6 nitrogen and oxygen atoms in total. The molecule has 0 bridgehead atoms. The van der Waals surface area contributed by atoms with Gasteiger partial charge in [-0.15, -0.1) is 0 Å². The normalized spacial score (nSPS) is 13.0. The van der Waals surface area contributed by atoms with Gasteiger partial charge in [0.15, 0.2) is 6.79 Å². The fraction of sp³-hybridized carbons (Fsp3) is 0.350. The average molecular weight is 374 g/mol. The van der Waals surface area contributed by atoms with Crippen LogP contribution in [-0.4, -0.2) is 37.8 Å². The first-order chi connectivity index (χ1) is 13.1. The molecule has 2 aromatic rings. The number of rotatable bonds is 7. The summed E-state index contributed by atoms with van der Waals surface area (Å²) >= 11 is 0. The van der Waals surface area contributed by atoms with Crippen LogP contribution in [0.15, 0.2) is 36.4 Å². The van der Waals surface area contributed by atoms with E-state index in [0.29, 0.717) is 48.0 Å². The lowest BCUT2D eigenvalue weighted by molar-refractivity contribution is -0.117. The Hall–Kier alpha value is -2.64. The molecular weight excluding hydrogens is 351 g/mol. The monoisotopic (exact) mass is 374 g/mol. The third-order valence-corrected chi connectivity index (χ3v) is 4.34. The summed E-state index contributed by atoms with van der Waals surface area (Å²) in [6, 6.07) is 10.1. The van der Waals surface area contributed by atoms with Crippen LogP contribution < -0.4 is 14.8 Å². The van der Waals surface area contributed by atoms with Gasteiger partial charge in [-0.2, -0.15) is 0 Å². The van der Waals surface area contributed by atoms with Crippen molar-refractivity contribution in [3.63, 3.8) is 0 Å². The zero-order chi connectivity index (χ0) is 19.2. The standard InChI is InChI=1S/C20H23FN2O4/c1-3-23(11-19(24)22-17-6-4-5-7-18(17)25-2)10-14-8-16(21)9-15-12-26-13-27-20(14)15/h4-9H,3,10-13H2,1-2H3,(H,22,24). The Morgan fingerprint density at radius 1 is 1.33 bits per heavy atom. The molecule has 0 spiro atoms. The summed E-state index contributed by atoms with van der Waals surface area (Å²) < 4.78 is 29.9. The number of para-hydroxylation sites is 2. The Morgan fingerprint density at radius 2 is 2.15 bits per heavy atom. The number of anilines is 1. The lowest BCUT2D eigenvalue weighted by atomic mass is 10.1. The number of nitrogens with zero attached hydrogens (tertiary/aromatic N) is 1. The van der Waals surface area contributed by atoms with Crippen molar-refractivity contribution in [2.75, 3.05) is 32.3 Å². The minimum atomic E-state index is -0.340. The third kappa shape index (κ3) is 4.75. The van der Waals surface area contributed by atoms with Gasteiger partial charge in [-0.1, -0.05) is 19.1 Å². The second kappa shape index (κ2) is 8.83. The van der Waals surface area contributed by atoms with Gasteiger partial charge < -0.3 is 19.5 Å². The van der Waals surface area contributed by atoms with E-state index >= 15 is 0 Å². The van der Waals surface area contributed by atoms with Crippen LogP contribution in [0.5, 0.6) is 11.5 Å². The number of hydrogen-bond donors (Lipinski definition) is 1. The van der Waals surface area contributed by atoms with Crippen LogP contribution in [0.4, 0.5) is 10.1 Å². The van der Waals surface area contributed by atoms with Crippen LogP contribution in [0.3, 0.4) is 0 Å². The Balaban J connectivity index is 1.69. The predicted octanol–water partition coefficient (Wildman–Crippen LogP) is 3.16. The van der Waals surface area contributed by atoms with Crippen molar-refractivity contribution in [3.8, 4) is 11.5 Å². The largest absolute Gasteiger partial charge is 0.495 e. The van der Waals surface area contributed by atoms with E-state index in [4.69, 9.17) is 14.2 Å². The van der Waals surface area contributed by atoms with E-state index in [1.807, 2.05) is 24.0 Å². The summed E-state index contributed by atoms with van der Waals surface area (Å²) in [6.45, 7) is 3.60. The highest BCUT2D eigenvalue weighted by Crippen LogP contribution is 2.30. The fourth-order valence-corrected chi connectivity index (χ4v) is 3.04. The molecule has 3 rings (SSSR count). The predicted molar refractivity (Wildman–Crippen MR) is 99.3 cm³/mol. The molecule has 7 heteroatoms. The Morgan fingerprint density at radius 3 is 2.93 bits per heavy atom. The molecule has 1 aliphatic heterocycles. The van der Waals surface area contributed by atoms with Crippen LogP contribution >= 0.6 is 0 Å². The quantitative estimate of drug-likeness (QED) is 0.807. The first-order valence-electron chi connectivity index (χ1n) is 8.77. The lowest BCUT2D eigenvalue weighted by Gasteiger charge is -2.25. The molecule has 1 amide bonds. The van der Waals surface area contributed by atoms with Crippen LogP contribution in [0.1, 0.15) is 18.1 Å².